The van der Waals surface area contributed by atoms with Gasteiger partial charge in [-0.25, -0.2) is 0 Å². The van der Waals surface area contributed by atoms with Crippen LogP contribution in [0.3, 0.4) is 0 Å². The molecule has 1 saturated heterocycles. The molecule has 3 atom stereocenters. The summed E-state index contributed by atoms with van der Waals surface area (Å²) in [6, 6.07) is 0. The van der Waals surface area contributed by atoms with Gasteiger partial charge in [0.25, 0.3) is 0 Å². The first-order valence-electron chi connectivity index (χ1n) is 2.97. The van der Waals surface area contributed by atoms with Gasteiger partial charge >= 0.3 is 0 Å². The molecule has 1 nitrogen and oxygen atoms in total. The van der Waals surface area contributed by atoms with E-state index in [1.807, 2.05) is 6.66 Å². The third-order valence-electron chi connectivity index (χ3n) is 1.74. The van der Waals surface area contributed by atoms with Gasteiger partial charge in [0.1, 0.15) is 6.16 Å². The van der Waals surface area contributed by atoms with Gasteiger partial charge in [0.2, 0.25) is 0 Å². The molecule has 58 valence electrons. The van der Waals surface area contributed by atoms with Crippen LogP contribution in [0.1, 0.15) is 0 Å². The van der Waals surface area contributed by atoms with Crippen LogP contribution in [-0.2, 0) is 0 Å². The second-order valence-corrected chi connectivity index (χ2v) is 10.2. The van der Waals surface area contributed by atoms with Crippen LogP contribution in [0.2, 0.25) is 0 Å². The third kappa shape index (κ3) is 1.74. The molecule has 5 heteroatoms. The van der Waals surface area contributed by atoms with Crippen LogP contribution in [-0.4, -0.2) is 34.7 Å². The smallest absolute Gasteiger partial charge is 0.176 e. The lowest BCUT2D eigenvalue weighted by molar-refractivity contribution is 0.629. The molecule has 0 aromatic heterocycles. The largest absolute Gasteiger partial charge is 0.250 e. The zero-order chi connectivity index (χ0) is 7.83. The minimum absolute atomic E-state index is 0.123. The highest BCUT2D eigenvalue weighted by Crippen LogP contribution is 2.82. The van der Waals surface area contributed by atoms with E-state index in [1.54, 1.807) is 11.4 Å². The molecule has 0 aromatic carbocycles. The Labute approximate surface area is 70.5 Å². The molecule has 1 heterocycles. The summed E-state index contributed by atoms with van der Waals surface area (Å²) < 4.78 is 0. The second kappa shape index (κ2) is 3.00. The van der Waals surface area contributed by atoms with Gasteiger partial charge in [-0.15, -0.1) is 11.4 Å². The van der Waals surface area contributed by atoms with Crippen molar-refractivity contribution in [2.24, 2.45) is 0 Å². The van der Waals surface area contributed by atoms with Crippen molar-refractivity contribution in [2.75, 3.05) is 19.1 Å². The Balaban J connectivity index is 2.52. The fraction of sp³-hybridized carbons (Fsp3) is 0.800. The Morgan fingerprint density at radius 2 is 2.40 bits per heavy atom. The van der Waals surface area contributed by atoms with Gasteiger partial charge < -0.3 is 0 Å². The van der Waals surface area contributed by atoms with Gasteiger partial charge in [0, 0.05) is 5.80 Å². The maximum atomic E-state index is 9.62. The summed E-state index contributed by atoms with van der Waals surface area (Å²) in [6.07, 6.45) is 3.07. The summed E-state index contributed by atoms with van der Waals surface area (Å²) in [5.74, 6) is 2.20. The van der Waals surface area contributed by atoms with Gasteiger partial charge in [-0.3, -0.25) is 4.89 Å². The summed E-state index contributed by atoms with van der Waals surface area (Å²) in [7, 11) is 2.54. The van der Waals surface area contributed by atoms with Crippen molar-refractivity contribution >= 4 is 41.3 Å². The topological polar surface area (TPSA) is 20.2 Å². The van der Waals surface area contributed by atoms with E-state index in [0.29, 0.717) is 0 Å². The molecule has 1 rings (SSSR count). The fourth-order valence-electron chi connectivity index (χ4n) is 0.767. The molecule has 0 spiro atoms. The molecule has 1 aliphatic heterocycles. The van der Waals surface area contributed by atoms with Gasteiger partial charge in [-0.05, 0) is 13.7 Å². The van der Waals surface area contributed by atoms with E-state index in [1.165, 1.54) is 7.41 Å². The predicted octanol–water partition coefficient (Wildman–Crippen LogP) is 2.15. The third-order valence-corrected chi connectivity index (χ3v) is 9.17. The molecule has 0 radical (unpaired) electrons. The van der Waals surface area contributed by atoms with E-state index in [0.717, 1.165) is 6.16 Å². The van der Waals surface area contributed by atoms with Gasteiger partial charge in [-0.1, -0.05) is 9.24 Å². The second-order valence-electron chi connectivity index (χ2n) is 2.71. The first-order valence-corrected chi connectivity index (χ1v) is 8.71. The summed E-state index contributed by atoms with van der Waals surface area (Å²) >= 11 is 1.78. The average molecular weight is 213 g/mol. The highest BCUT2D eigenvalue weighted by atomic mass is 32.7. The molecule has 0 bridgehead atoms. The fourth-order valence-corrected chi connectivity index (χ4v) is 6.81. The zero-order valence-corrected chi connectivity index (χ0v) is 9.87. The van der Waals surface area contributed by atoms with Crippen molar-refractivity contribution in [3.05, 3.63) is 0 Å². The Hall–Kier alpha value is 1.34. The lowest BCUT2D eigenvalue weighted by atomic mass is 10.6. The van der Waals surface area contributed by atoms with Crippen molar-refractivity contribution in [1.82, 2.24) is 0 Å². The monoisotopic (exact) mass is 213 g/mol. The van der Waals surface area contributed by atoms with Crippen LogP contribution in [0.15, 0.2) is 0 Å². The van der Waals surface area contributed by atoms with Crippen LogP contribution in [0, 0.1) is 0 Å². The summed E-state index contributed by atoms with van der Waals surface area (Å²) in [5, 5.41) is 0. The molecular formula is C5H12OP3S+. The highest BCUT2D eigenvalue weighted by molar-refractivity contribution is 8.48. The average Bonchev–Trinajstić information content (AvgIpc) is 2.29. The lowest BCUT2D eigenvalue weighted by Crippen LogP contribution is -1.97. The molecule has 10 heavy (non-hydrogen) atoms. The van der Waals surface area contributed by atoms with Crippen LogP contribution in [0.25, 0.3) is 0 Å². The molecule has 3 unspecified atom stereocenters. The SMILES string of the molecule is CSP=CC1(P)C[P+]1(C)O. The molecule has 0 amide bonds. The first kappa shape index (κ1) is 9.43. The van der Waals surface area contributed by atoms with Crippen molar-refractivity contribution < 1.29 is 4.89 Å². The Kier molecular flexibility index (Phi) is 2.83. The molecule has 0 saturated carbocycles. The van der Waals surface area contributed by atoms with Crippen molar-refractivity contribution in [3.8, 4) is 0 Å². The predicted molar refractivity (Wildman–Crippen MR) is 58.9 cm³/mol. The Bertz CT molecular complexity index is 170. The van der Waals surface area contributed by atoms with Gasteiger partial charge in [-0.2, -0.15) is 0 Å². The lowest BCUT2D eigenvalue weighted by Gasteiger charge is -1.96. The van der Waals surface area contributed by atoms with Crippen molar-refractivity contribution in [3.63, 3.8) is 0 Å². The van der Waals surface area contributed by atoms with Crippen molar-refractivity contribution in [1.29, 1.82) is 0 Å². The van der Waals surface area contributed by atoms with Crippen LogP contribution in [0.5, 0.6) is 0 Å². The van der Waals surface area contributed by atoms with Crippen LogP contribution < -0.4 is 0 Å². The maximum absolute atomic E-state index is 9.62. The standard InChI is InChI=1S/C5H12OP3S/c1-9(6)4-5(9,7)3-8-10-2/h3,6H,4,7H2,1-2H3/q+1. The van der Waals surface area contributed by atoms with Crippen molar-refractivity contribution in [2.45, 2.75) is 4.90 Å². The molecule has 1 N–H and O–H groups in total. The van der Waals surface area contributed by atoms with E-state index < -0.39 is 7.49 Å². The zero-order valence-electron chi connectivity index (χ0n) is 6.11. The maximum Gasteiger partial charge on any atom is 0.176 e. The molecule has 1 fully saturated rings. The minimum Gasteiger partial charge on any atom is -0.250 e. The van der Waals surface area contributed by atoms with Crippen LogP contribution in [0.4, 0.5) is 0 Å². The minimum atomic E-state index is -1.50. The number of hydrogen-bond donors (Lipinski definition) is 1. The molecule has 1 aliphatic rings. The summed E-state index contributed by atoms with van der Waals surface area (Å²) in [5.41, 5.74) is 0. The van der Waals surface area contributed by atoms with E-state index in [-0.39, 0.29) is 4.90 Å². The normalized spacial score (nSPS) is 46.4. The van der Waals surface area contributed by atoms with Crippen LogP contribution >= 0.6 is 35.5 Å². The Morgan fingerprint density at radius 1 is 1.90 bits per heavy atom. The van der Waals surface area contributed by atoms with E-state index in [2.05, 4.69) is 21.3 Å². The van der Waals surface area contributed by atoms with Gasteiger partial charge in [0.05, 0.1) is 6.66 Å². The number of hydrogen-bond acceptors (Lipinski definition) is 2. The highest BCUT2D eigenvalue weighted by Gasteiger charge is 2.70. The molecule has 0 aromatic rings. The summed E-state index contributed by atoms with van der Waals surface area (Å²) in [4.78, 5) is 9.75. The molecular weight excluding hydrogens is 201 g/mol. The Morgan fingerprint density at radius 3 is 2.70 bits per heavy atom. The van der Waals surface area contributed by atoms with E-state index in [9.17, 15) is 4.89 Å². The van der Waals surface area contributed by atoms with E-state index in [4.69, 9.17) is 0 Å². The van der Waals surface area contributed by atoms with Gasteiger partial charge in [0.15, 0.2) is 12.4 Å². The van der Waals surface area contributed by atoms with E-state index >= 15 is 0 Å². The number of rotatable bonds is 2. The summed E-state index contributed by atoms with van der Waals surface area (Å²) in [6.45, 7) is 1.99. The molecule has 0 aliphatic carbocycles. The first-order chi connectivity index (χ1) is 4.52. The quantitative estimate of drug-likeness (QED) is 0.709.